The number of carbonyl (C=O) groups excluding carboxylic acids is 1. The van der Waals surface area contributed by atoms with E-state index in [2.05, 4.69) is 5.32 Å². The van der Waals surface area contributed by atoms with Crippen LogP contribution in [0, 0.1) is 17.2 Å². The van der Waals surface area contributed by atoms with Crippen molar-refractivity contribution in [1.82, 2.24) is 10.2 Å². The highest BCUT2D eigenvalue weighted by atomic mass is 19.4. The number of piperidine rings is 1. The van der Waals surface area contributed by atoms with Gasteiger partial charge in [0.25, 0.3) is 0 Å². The van der Waals surface area contributed by atoms with E-state index in [9.17, 15) is 18.0 Å². The molecule has 1 aliphatic rings. The predicted octanol–water partition coefficient (Wildman–Crippen LogP) is 1.29. The van der Waals surface area contributed by atoms with Crippen LogP contribution in [0.1, 0.15) is 19.3 Å². The van der Waals surface area contributed by atoms with Gasteiger partial charge >= 0.3 is 6.18 Å². The van der Waals surface area contributed by atoms with Gasteiger partial charge in [-0.05, 0) is 19.4 Å². The summed E-state index contributed by atoms with van der Waals surface area (Å²) in [5.74, 6) is -2.32. The molecule has 1 saturated heterocycles. The summed E-state index contributed by atoms with van der Waals surface area (Å²) in [6.07, 6.45) is -2.43. The molecule has 0 radical (unpaired) electrons. The second kappa shape index (κ2) is 6.05. The van der Waals surface area contributed by atoms with Gasteiger partial charge in [0.1, 0.15) is 0 Å². The molecule has 0 bridgehead atoms. The van der Waals surface area contributed by atoms with Crippen molar-refractivity contribution >= 4 is 5.91 Å². The van der Waals surface area contributed by atoms with E-state index >= 15 is 0 Å². The first kappa shape index (κ1) is 14.8. The molecule has 2 unspecified atom stereocenters. The molecule has 1 aliphatic heterocycles. The third-order valence-corrected chi connectivity index (χ3v) is 3.13. The lowest BCUT2D eigenvalue weighted by molar-refractivity contribution is -0.166. The Bertz CT molecular complexity index is 337. The van der Waals surface area contributed by atoms with Crippen molar-refractivity contribution in [2.24, 2.45) is 5.92 Å². The second-order valence-electron chi connectivity index (χ2n) is 4.34. The first-order valence-electron chi connectivity index (χ1n) is 5.82. The lowest BCUT2D eigenvalue weighted by Gasteiger charge is -2.35. The zero-order valence-electron chi connectivity index (χ0n) is 10.1. The number of nitrogens with zero attached hydrogens (tertiary/aromatic N) is 2. The maximum atomic E-state index is 12.5. The first-order valence-corrected chi connectivity index (χ1v) is 5.82. The molecule has 1 N–H and O–H groups in total. The van der Waals surface area contributed by atoms with Crippen molar-refractivity contribution in [3.8, 4) is 6.07 Å². The number of carbonyl (C=O) groups is 1. The molecular weight excluding hydrogens is 247 g/mol. The second-order valence-corrected chi connectivity index (χ2v) is 4.34. The van der Waals surface area contributed by atoms with Crippen LogP contribution in [0.5, 0.6) is 0 Å². The maximum absolute atomic E-state index is 12.5. The van der Waals surface area contributed by atoms with Crippen LogP contribution in [-0.4, -0.2) is 43.2 Å². The van der Waals surface area contributed by atoms with Crippen LogP contribution in [0.3, 0.4) is 0 Å². The zero-order valence-corrected chi connectivity index (χ0v) is 10.1. The van der Waals surface area contributed by atoms with Crippen molar-refractivity contribution in [1.29, 1.82) is 5.26 Å². The molecule has 18 heavy (non-hydrogen) atoms. The largest absolute Gasteiger partial charge is 0.405 e. The molecule has 2 atom stereocenters. The van der Waals surface area contributed by atoms with Gasteiger partial charge in [0.05, 0.1) is 12.1 Å². The smallest absolute Gasteiger partial charge is 0.358 e. The highest BCUT2D eigenvalue weighted by Crippen LogP contribution is 2.28. The Hall–Kier alpha value is -1.29. The van der Waals surface area contributed by atoms with Gasteiger partial charge in [0.15, 0.2) is 5.92 Å². The molecule has 102 valence electrons. The van der Waals surface area contributed by atoms with Crippen molar-refractivity contribution in [3.05, 3.63) is 0 Å². The van der Waals surface area contributed by atoms with Gasteiger partial charge in [-0.3, -0.25) is 9.69 Å². The third-order valence-electron chi connectivity index (χ3n) is 3.13. The summed E-state index contributed by atoms with van der Waals surface area (Å²) < 4.78 is 37.6. The molecule has 0 aromatic heterocycles. The van der Waals surface area contributed by atoms with E-state index in [4.69, 9.17) is 5.26 Å². The molecular formula is C11H16F3N3O. The number of likely N-dealkylation sites (N-methyl/N-ethyl adjacent to an activating group) is 1. The van der Waals surface area contributed by atoms with E-state index < -0.39 is 24.7 Å². The average Bonchev–Trinajstić information content (AvgIpc) is 2.34. The minimum atomic E-state index is -4.54. The fourth-order valence-electron chi connectivity index (χ4n) is 2.13. The van der Waals surface area contributed by atoms with Gasteiger partial charge < -0.3 is 5.32 Å². The number of amides is 1. The number of nitrogens with one attached hydrogen (secondary N) is 1. The molecule has 0 saturated carbocycles. The normalized spacial score (nSPS) is 23.2. The van der Waals surface area contributed by atoms with Crippen LogP contribution >= 0.6 is 0 Å². The summed E-state index contributed by atoms with van der Waals surface area (Å²) in [4.78, 5) is 13.0. The van der Waals surface area contributed by atoms with Gasteiger partial charge in [0.2, 0.25) is 5.91 Å². The van der Waals surface area contributed by atoms with Crippen molar-refractivity contribution in [2.75, 3.05) is 20.1 Å². The SMILES string of the molecule is CNC(=O)C1CCCCN1CC(C#N)C(F)(F)F. The van der Waals surface area contributed by atoms with E-state index in [1.807, 2.05) is 0 Å². The minimum absolute atomic E-state index is 0.284. The minimum Gasteiger partial charge on any atom is -0.358 e. The van der Waals surface area contributed by atoms with Gasteiger partial charge in [0, 0.05) is 13.6 Å². The van der Waals surface area contributed by atoms with E-state index in [0.29, 0.717) is 13.0 Å². The maximum Gasteiger partial charge on any atom is 0.405 e. The molecule has 0 spiro atoms. The van der Waals surface area contributed by atoms with Crippen molar-refractivity contribution < 1.29 is 18.0 Å². The van der Waals surface area contributed by atoms with Crippen LogP contribution in [0.2, 0.25) is 0 Å². The molecule has 0 aromatic rings. The number of nitriles is 1. The zero-order chi connectivity index (χ0) is 13.8. The molecule has 1 rings (SSSR count). The molecule has 4 nitrogen and oxygen atoms in total. The van der Waals surface area contributed by atoms with Crippen molar-refractivity contribution in [3.63, 3.8) is 0 Å². The monoisotopic (exact) mass is 263 g/mol. The van der Waals surface area contributed by atoms with Gasteiger partial charge in [-0.1, -0.05) is 6.42 Å². The summed E-state index contributed by atoms with van der Waals surface area (Å²) in [7, 11) is 1.46. The summed E-state index contributed by atoms with van der Waals surface area (Å²) in [5.41, 5.74) is 0. The van der Waals surface area contributed by atoms with Crippen LogP contribution in [0.4, 0.5) is 13.2 Å². The summed E-state index contributed by atoms with van der Waals surface area (Å²) in [5, 5.41) is 11.0. The number of hydrogen-bond acceptors (Lipinski definition) is 3. The molecule has 0 aromatic carbocycles. The number of likely N-dealkylation sites (tertiary alicyclic amines) is 1. The summed E-state index contributed by atoms with van der Waals surface area (Å²) in [6.45, 7) is -0.00949. The van der Waals surface area contributed by atoms with Crippen LogP contribution in [0.25, 0.3) is 0 Å². The molecule has 7 heteroatoms. The molecule has 1 amide bonds. The first-order chi connectivity index (χ1) is 8.40. The third kappa shape index (κ3) is 3.60. The quantitative estimate of drug-likeness (QED) is 0.834. The van der Waals surface area contributed by atoms with Crippen LogP contribution < -0.4 is 5.32 Å². The lowest BCUT2D eigenvalue weighted by atomic mass is 9.99. The Morgan fingerprint density at radius 3 is 2.72 bits per heavy atom. The van der Waals surface area contributed by atoms with E-state index in [0.717, 1.165) is 12.8 Å². The highest BCUT2D eigenvalue weighted by Gasteiger charge is 2.42. The number of hydrogen-bond donors (Lipinski definition) is 1. The van der Waals surface area contributed by atoms with Crippen molar-refractivity contribution in [2.45, 2.75) is 31.5 Å². The Kier molecular flexibility index (Phi) is 4.96. The van der Waals surface area contributed by atoms with E-state index in [1.54, 1.807) is 0 Å². The van der Waals surface area contributed by atoms with Gasteiger partial charge in [-0.15, -0.1) is 0 Å². The average molecular weight is 263 g/mol. The standard InChI is InChI=1S/C11H16F3N3O/c1-16-10(18)9-4-2-3-5-17(9)7-8(6-15)11(12,13)14/h8-9H,2-5,7H2,1H3,(H,16,18). The summed E-state index contributed by atoms with van der Waals surface area (Å²) in [6, 6.07) is 0.715. The Balaban J connectivity index is 2.73. The molecule has 1 heterocycles. The Labute approximate surface area is 104 Å². The molecule has 1 fully saturated rings. The summed E-state index contributed by atoms with van der Waals surface area (Å²) >= 11 is 0. The van der Waals surface area contributed by atoms with Crippen LogP contribution in [-0.2, 0) is 4.79 Å². The number of halogens is 3. The fraction of sp³-hybridized carbons (Fsp3) is 0.818. The fourth-order valence-corrected chi connectivity index (χ4v) is 2.13. The molecule has 0 aliphatic carbocycles. The Morgan fingerprint density at radius 1 is 1.56 bits per heavy atom. The predicted molar refractivity (Wildman–Crippen MR) is 58.4 cm³/mol. The highest BCUT2D eigenvalue weighted by molar-refractivity contribution is 5.81. The Morgan fingerprint density at radius 2 is 2.22 bits per heavy atom. The lowest BCUT2D eigenvalue weighted by Crippen LogP contribution is -2.51. The topological polar surface area (TPSA) is 56.1 Å². The van der Waals surface area contributed by atoms with Crippen LogP contribution in [0.15, 0.2) is 0 Å². The number of alkyl halides is 3. The van der Waals surface area contributed by atoms with Gasteiger partial charge in [-0.25, -0.2) is 0 Å². The van der Waals surface area contributed by atoms with E-state index in [1.165, 1.54) is 18.0 Å². The van der Waals surface area contributed by atoms with E-state index in [-0.39, 0.29) is 5.91 Å². The number of rotatable bonds is 3. The van der Waals surface area contributed by atoms with Gasteiger partial charge in [-0.2, -0.15) is 18.4 Å².